The van der Waals surface area contributed by atoms with Gasteiger partial charge in [0, 0.05) is 0 Å². The first kappa shape index (κ1) is 29.9. The second-order valence-electron chi connectivity index (χ2n) is 8.34. The highest BCUT2D eigenvalue weighted by Gasteiger charge is 2.36. The van der Waals surface area contributed by atoms with E-state index in [2.05, 4.69) is 16.0 Å². The molecule has 35 heavy (non-hydrogen) atoms. The molecule has 196 valence electrons. The maximum atomic E-state index is 12.4. The van der Waals surface area contributed by atoms with Gasteiger partial charge in [-0.3, -0.25) is 19.2 Å². The summed E-state index contributed by atoms with van der Waals surface area (Å²) in [5.41, 5.74) is 6.10. The van der Waals surface area contributed by atoms with Gasteiger partial charge in [-0.05, 0) is 11.5 Å². The molecule has 0 saturated carbocycles. The summed E-state index contributed by atoms with van der Waals surface area (Å²) in [6, 6.07) is 4.68. The Balaban J connectivity index is 2.75. The third kappa shape index (κ3) is 9.58. The predicted octanol–water partition coefficient (Wildman–Crippen LogP) is -3.02. The highest BCUT2D eigenvalue weighted by molar-refractivity contribution is 5.87. The number of carboxylic acid groups (broad SMARTS) is 1. The summed E-state index contributed by atoms with van der Waals surface area (Å²) in [4.78, 5) is 47.5. The van der Waals surface area contributed by atoms with Crippen LogP contribution in [0.15, 0.2) is 30.3 Å². The molecule has 0 spiro atoms. The van der Waals surface area contributed by atoms with Gasteiger partial charge in [0.25, 0.3) is 5.91 Å². The van der Waals surface area contributed by atoms with Gasteiger partial charge in [0.2, 0.25) is 11.8 Å². The van der Waals surface area contributed by atoms with E-state index in [4.69, 9.17) is 10.8 Å². The quantitative estimate of drug-likeness (QED) is 0.126. The van der Waals surface area contributed by atoms with Crippen molar-refractivity contribution in [1.29, 1.82) is 0 Å². The number of hydrogen-bond acceptors (Lipinski definition) is 9. The third-order valence-corrected chi connectivity index (χ3v) is 5.24. The standard InChI is InChI=1S/C22H34N4O9/c1-11(2)17(23)21(34)24-9-15(28)25-14(10-27)18(31)19(32)20(33)22(35)26-13(8-16(29)30)12-6-4-3-5-7-12/h3-7,11,13-14,17-20,27,31-33H,8-10,23H2,1-2H3,(H,24,34)(H,25,28)(H,26,35)(H,29,30). The van der Waals surface area contributed by atoms with Crippen LogP contribution in [-0.4, -0.2) is 92.8 Å². The van der Waals surface area contributed by atoms with Crippen molar-refractivity contribution in [3.63, 3.8) is 0 Å². The Bertz CT molecular complexity index is 853. The van der Waals surface area contributed by atoms with Gasteiger partial charge in [-0.15, -0.1) is 0 Å². The number of carboxylic acids is 1. The zero-order chi connectivity index (χ0) is 26.7. The number of rotatable bonds is 14. The van der Waals surface area contributed by atoms with Gasteiger partial charge in [0.05, 0.1) is 37.7 Å². The van der Waals surface area contributed by atoms with Crippen LogP contribution >= 0.6 is 0 Å². The average molecular weight is 499 g/mol. The van der Waals surface area contributed by atoms with Crippen LogP contribution in [-0.2, 0) is 19.2 Å². The van der Waals surface area contributed by atoms with Gasteiger partial charge in [0.15, 0.2) is 6.10 Å². The lowest BCUT2D eigenvalue weighted by Gasteiger charge is -2.29. The van der Waals surface area contributed by atoms with Crippen LogP contribution in [0.2, 0.25) is 0 Å². The normalized spacial score (nSPS) is 16.3. The number of amides is 3. The molecule has 6 atom stereocenters. The van der Waals surface area contributed by atoms with E-state index in [0.29, 0.717) is 5.56 Å². The second-order valence-corrected chi connectivity index (χ2v) is 8.34. The molecule has 0 aliphatic carbocycles. The fourth-order valence-corrected chi connectivity index (χ4v) is 3.03. The van der Waals surface area contributed by atoms with Gasteiger partial charge < -0.3 is 47.2 Å². The maximum Gasteiger partial charge on any atom is 0.305 e. The summed E-state index contributed by atoms with van der Waals surface area (Å²) in [5.74, 6) is -3.99. The van der Waals surface area contributed by atoms with Crippen LogP contribution in [0.5, 0.6) is 0 Å². The average Bonchev–Trinajstić information content (AvgIpc) is 2.83. The summed E-state index contributed by atoms with van der Waals surface area (Å²) in [6.45, 7) is 2.03. The molecule has 6 unspecified atom stereocenters. The highest BCUT2D eigenvalue weighted by atomic mass is 16.4. The number of carbonyl (C=O) groups excluding carboxylic acids is 3. The molecule has 1 aromatic rings. The minimum absolute atomic E-state index is 0.176. The Morgan fingerprint density at radius 1 is 0.943 bits per heavy atom. The van der Waals surface area contributed by atoms with Crippen molar-refractivity contribution in [3.8, 4) is 0 Å². The maximum absolute atomic E-state index is 12.4. The van der Waals surface area contributed by atoms with E-state index in [9.17, 15) is 39.6 Å². The lowest BCUT2D eigenvalue weighted by molar-refractivity contribution is -0.145. The van der Waals surface area contributed by atoms with E-state index in [1.54, 1.807) is 44.2 Å². The van der Waals surface area contributed by atoms with E-state index < -0.39 is 79.7 Å². The first-order chi connectivity index (χ1) is 16.4. The van der Waals surface area contributed by atoms with E-state index in [1.165, 1.54) is 0 Å². The molecular formula is C22H34N4O9. The first-order valence-electron chi connectivity index (χ1n) is 10.9. The smallest absolute Gasteiger partial charge is 0.305 e. The molecule has 13 nitrogen and oxygen atoms in total. The summed E-state index contributed by atoms with van der Waals surface area (Å²) < 4.78 is 0. The first-order valence-corrected chi connectivity index (χ1v) is 10.9. The third-order valence-electron chi connectivity index (χ3n) is 5.24. The lowest BCUT2D eigenvalue weighted by atomic mass is 9.99. The highest BCUT2D eigenvalue weighted by Crippen LogP contribution is 2.17. The number of nitrogens with one attached hydrogen (secondary N) is 3. The zero-order valence-electron chi connectivity index (χ0n) is 19.5. The molecule has 0 fully saturated rings. The molecular weight excluding hydrogens is 464 g/mol. The minimum atomic E-state index is -2.22. The van der Waals surface area contributed by atoms with E-state index in [0.717, 1.165) is 0 Å². The van der Waals surface area contributed by atoms with Crippen molar-refractivity contribution in [2.24, 2.45) is 11.7 Å². The number of benzene rings is 1. The Kier molecular flexibility index (Phi) is 12.3. The van der Waals surface area contributed by atoms with Crippen LogP contribution in [0.3, 0.4) is 0 Å². The molecule has 0 saturated heterocycles. The molecule has 0 bridgehead atoms. The molecule has 1 aromatic carbocycles. The van der Waals surface area contributed by atoms with Gasteiger partial charge in [-0.2, -0.15) is 0 Å². The molecule has 0 aliphatic rings. The van der Waals surface area contributed by atoms with E-state index in [1.807, 2.05) is 0 Å². The molecule has 0 aromatic heterocycles. The fraction of sp³-hybridized carbons (Fsp3) is 0.545. The van der Waals surface area contributed by atoms with Crippen molar-refractivity contribution in [3.05, 3.63) is 35.9 Å². The molecule has 13 heteroatoms. The van der Waals surface area contributed by atoms with Gasteiger partial charge in [-0.25, -0.2) is 0 Å². The predicted molar refractivity (Wildman–Crippen MR) is 122 cm³/mol. The van der Waals surface area contributed by atoms with Crippen molar-refractivity contribution < 1.29 is 44.7 Å². The Labute approximate surface area is 202 Å². The number of carbonyl (C=O) groups is 4. The SMILES string of the molecule is CC(C)C(N)C(=O)NCC(=O)NC(CO)C(O)C(O)C(O)C(=O)NC(CC(=O)O)c1ccccc1. The zero-order valence-corrected chi connectivity index (χ0v) is 19.5. The molecule has 0 radical (unpaired) electrons. The van der Waals surface area contributed by atoms with Crippen LogP contribution < -0.4 is 21.7 Å². The number of hydrogen-bond donors (Lipinski definition) is 9. The summed E-state index contributed by atoms with van der Waals surface area (Å²) in [6.07, 6.45) is -6.88. The number of nitrogens with two attached hydrogens (primary N) is 1. The van der Waals surface area contributed by atoms with Crippen LogP contribution in [0, 0.1) is 5.92 Å². The Hall–Kier alpha value is -3.10. The summed E-state index contributed by atoms with van der Waals surface area (Å²) >= 11 is 0. The van der Waals surface area contributed by atoms with Gasteiger partial charge in [-0.1, -0.05) is 44.2 Å². The van der Waals surface area contributed by atoms with Crippen molar-refractivity contribution >= 4 is 23.7 Å². The number of aliphatic hydroxyl groups excluding tert-OH is 4. The summed E-state index contributed by atoms with van der Waals surface area (Å²) in [5, 5.41) is 56.2. The van der Waals surface area contributed by atoms with Crippen LogP contribution in [0.4, 0.5) is 0 Å². The molecule has 3 amide bonds. The second kappa shape index (κ2) is 14.3. The lowest BCUT2D eigenvalue weighted by Crippen LogP contribution is -2.58. The molecule has 0 aliphatic heterocycles. The van der Waals surface area contributed by atoms with E-state index in [-0.39, 0.29) is 5.92 Å². The van der Waals surface area contributed by atoms with Crippen LogP contribution in [0.25, 0.3) is 0 Å². The van der Waals surface area contributed by atoms with Crippen LogP contribution in [0.1, 0.15) is 31.9 Å². The van der Waals surface area contributed by atoms with Crippen molar-refractivity contribution in [1.82, 2.24) is 16.0 Å². The van der Waals surface area contributed by atoms with E-state index >= 15 is 0 Å². The van der Waals surface area contributed by atoms with Crippen molar-refractivity contribution in [2.75, 3.05) is 13.2 Å². The molecule has 1 rings (SSSR count). The number of aliphatic hydroxyl groups is 4. The summed E-state index contributed by atoms with van der Waals surface area (Å²) in [7, 11) is 0. The molecule has 10 N–H and O–H groups in total. The monoisotopic (exact) mass is 498 g/mol. The topological polar surface area (TPSA) is 232 Å². The fourth-order valence-electron chi connectivity index (χ4n) is 3.03. The Morgan fingerprint density at radius 2 is 1.54 bits per heavy atom. The Morgan fingerprint density at radius 3 is 2.06 bits per heavy atom. The minimum Gasteiger partial charge on any atom is -0.481 e. The number of aliphatic carboxylic acids is 1. The van der Waals surface area contributed by atoms with Crippen molar-refractivity contribution in [2.45, 2.75) is 56.7 Å². The van der Waals surface area contributed by atoms with Gasteiger partial charge >= 0.3 is 5.97 Å². The largest absolute Gasteiger partial charge is 0.481 e. The van der Waals surface area contributed by atoms with Gasteiger partial charge in [0.1, 0.15) is 12.2 Å². The molecule has 0 heterocycles.